The summed E-state index contributed by atoms with van der Waals surface area (Å²) in [5.41, 5.74) is 1.67. The molecule has 1 heterocycles. The number of ether oxygens (including phenoxy) is 1. The normalized spacial score (nSPS) is 10.6. The first-order valence-electron chi connectivity index (χ1n) is 5.62. The molecular formula is C14H14ClNO2. The molecule has 4 heteroatoms. The quantitative estimate of drug-likeness (QED) is 0.777. The van der Waals surface area contributed by atoms with Crippen LogP contribution in [0.1, 0.15) is 15.9 Å². The number of rotatable bonds is 5. The fourth-order valence-electron chi connectivity index (χ4n) is 1.59. The van der Waals surface area contributed by atoms with Gasteiger partial charge in [-0.1, -0.05) is 23.7 Å². The molecule has 2 aromatic rings. The number of ketones is 1. The van der Waals surface area contributed by atoms with Gasteiger partial charge >= 0.3 is 0 Å². The molecule has 0 aliphatic carbocycles. The molecule has 0 saturated carbocycles. The molecule has 0 unspecified atom stereocenters. The van der Waals surface area contributed by atoms with Crippen molar-refractivity contribution in [2.24, 2.45) is 7.05 Å². The number of carbonyl (C=O) groups is 1. The molecule has 94 valence electrons. The van der Waals surface area contributed by atoms with Crippen LogP contribution in [0, 0.1) is 0 Å². The number of Topliss-reactive ketones (excluding diaryl/α,β-unsaturated/α-hetero) is 1. The van der Waals surface area contributed by atoms with Crippen LogP contribution in [0.4, 0.5) is 0 Å². The van der Waals surface area contributed by atoms with Gasteiger partial charge in [0.2, 0.25) is 0 Å². The van der Waals surface area contributed by atoms with Crippen LogP contribution in [0.2, 0.25) is 5.02 Å². The molecule has 0 fully saturated rings. The Labute approximate surface area is 111 Å². The SMILES string of the molecule is Cn1ccc(C(=O)COCc2ccc(Cl)cc2)c1. The molecule has 0 radical (unpaired) electrons. The van der Waals surface area contributed by atoms with Crippen LogP contribution in [0.25, 0.3) is 0 Å². The minimum Gasteiger partial charge on any atom is -0.369 e. The van der Waals surface area contributed by atoms with Crippen molar-refractivity contribution >= 4 is 17.4 Å². The standard InChI is InChI=1S/C14H14ClNO2/c1-16-7-6-12(8-16)14(17)10-18-9-11-2-4-13(15)5-3-11/h2-8H,9-10H2,1H3. The van der Waals surface area contributed by atoms with Gasteiger partial charge in [0.05, 0.1) is 6.61 Å². The minimum absolute atomic E-state index is 0.00966. The van der Waals surface area contributed by atoms with Gasteiger partial charge in [-0.15, -0.1) is 0 Å². The minimum atomic E-state index is -0.00966. The number of hydrogen-bond donors (Lipinski definition) is 0. The second kappa shape index (κ2) is 5.85. The monoisotopic (exact) mass is 263 g/mol. The van der Waals surface area contributed by atoms with Gasteiger partial charge in [0.1, 0.15) is 6.61 Å². The summed E-state index contributed by atoms with van der Waals surface area (Å²) in [5, 5.41) is 0.694. The maximum absolute atomic E-state index is 11.7. The Hall–Kier alpha value is -1.58. The summed E-state index contributed by atoms with van der Waals surface area (Å²) in [4.78, 5) is 11.7. The lowest BCUT2D eigenvalue weighted by Gasteiger charge is -2.03. The highest BCUT2D eigenvalue weighted by Crippen LogP contribution is 2.10. The Bertz CT molecular complexity index is 531. The van der Waals surface area contributed by atoms with Crippen LogP contribution in [-0.2, 0) is 18.4 Å². The second-order valence-electron chi connectivity index (χ2n) is 4.11. The lowest BCUT2D eigenvalue weighted by atomic mass is 10.2. The third-order valence-corrected chi connectivity index (χ3v) is 2.82. The number of benzene rings is 1. The van der Waals surface area contributed by atoms with Gasteiger partial charge in [-0.3, -0.25) is 4.79 Å². The van der Waals surface area contributed by atoms with Crippen molar-refractivity contribution in [1.82, 2.24) is 4.57 Å². The number of halogens is 1. The highest BCUT2D eigenvalue weighted by Gasteiger charge is 2.06. The van der Waals surface area contributed by atoms with Crippen LogP contribution in [-0.4, -0.2) is 17.0 Å². The van der Waals surface area contributed by atoms with Crippen LogP contribution >= 0.6 is 11.6 Å². The Morgan fingerprint density at radius 1 is 1.28 bits per heavy atom. The van der Waals surface area contributed by atoms with E-state index < -0.39 is 0 Å². The van der Waals surface area contributed by atoms with Gasteiger partial charge in [-0.2, -0.15) is 0 Å². The Morgan fingerprint density at radius 3 is 2.61 bits per heavy atom. The van der Waals surface area contributed by atoms with Gasteiger partial charge in [0, 0.05) is 30.0 Å². The average molecular weight is 264 g/mol. The van der Waals surface area contributed by atoms with Crippen molar-refractivity contribution in [3.63, 3.8) is 0 Å². The number of aryl methyl sites for hydroxylation is 1. The summed E-state index contributed by atoms with van der Waals surface area (Å²) < 4.78 is 7.22. The van der Waals surface area contributed by atoms with E-state index >= 15 is 0 Å². The highest BCUT2D eigenvalue weighted by molar-refractivity contribution is 6.30. The first-order valence-corrected chi connectivity index (χ1v) is 6.00. The fourth-order valence-corrected chi connectivity index (χ4v) is 1.72. The number of carbonyl (C=O) groups excluding carboxylic acids is 1. The zero-order valence-electron chi connectivity index (χ0n) is 10.1. The van der Waals surface area contributed by atoms with Crippen molar-refractivity contribution in [3.05, 3.63) is 58.9 Å². The lowest BCUT2D eigenvalue weighted by Crippen LogP contribution is -2.08. The maximum atomic E-state index is 11.7. The zero-order chi connectivity index (χ0) is 13.0. The largest absolute Gasteiger partial charge is 0.369 e. The van der Waals surface area contributed by atoms with Gasteiger partial charge in [-0.25, -0.2) is 0 Å². The topological polar surface area (TPSA) is 31.2 Å². The molecule has 0 aliphatic rings. The summed E-state index contributed by atoms with van der Waals surface area (Å²) in [6, 6.07) is 9.16. The summed E-state index contributed by atoms with van der Waals surface area (Å²) >= 11 is 5.78. The summed E-state index contributed by atoms with van der Waals surface area (Å²) in [5.74, 6) is -0.00966. The van der Waals surface area contributed by atoms with Crippen molar-refractivity contribution in [3.8, 4) is 0 Å². The van der Waals surface area contributed by atoms with Gasteiger partial charge < -0.3 is 9.30 Å². The molecule has 0 aliphatic heterocycles. The second-order valence-corrected chi connectivity index (χ2v) is 4.54. The number of hydrogen-bond acceptors (Lipinski definition) is 2. The average Bonchev–Trinajstić information content (AvgIpc) is 2.78. The van der Waals surface area contributed by atoms with Crippen molar-refractivity contribution < 1.29 is 9.53 Å². The van der Waals surface area contributed by atoms with E-state index in [4.69, 9.17) is 16.3 Å². The first kappa shape index (κ1) is 12.9. The van der Waals surface area contributed by atoms with Crippen LogP contribution < -0.4 is 0 Å². The van der Waals surface area contributed by atoms with E-state index in [1.807, 2.05) is 29.9 Å². The van der Waals surface area contributed by atoms with Crippen molar-refractivity contribution in [2.45, 2.75) is 6.61 Å². The Kier molecular flexibility index (Phi) is 4.18. The van der Waals surface area contributed by atoms with E-state index in [2.05, 4.69) is 0 Å². The summed E-state index contributed by atoms with van der Waals surface area (Å²) in [6.07, 6.45) is 3.63. The molecular weight excluding hydrogens is 250 g/mol. The molecule has 0 bridgehead atoms. The predicted octanol–water partition coefficient (Wildman–Crippen LogP) is 3.08. The smallest absolute Gasteiger partial charge is 0.189 e. The van der Waals surface area contributed by atoms with Gasteiger partial charge in [0.25, 0.3) is 0 Å². The summed E-state index contributed by atoms with van der Waals surface area (Å²) in [7, 11) is 1.88. The molecule has 1 aromatic carbocycles. The molecule has 0 N–H and O–H groups in total. The predicted molar refractivity (Wildman–Crippen MR) is 70.9 cm³/mol. The van der Waals surface area contributed by atoms with E-state index in [-0.39, 0.29) is 12.4 Å². The zero-order valence-corrected chi connectivity index (χ0v) is 10.9. The van der Waals surface area contributed by atoms with E-state index in [0.717, 1.165) is 5.56 Å². The van der Waals surface area contributed by atoms with E-state index in [9.17, 15) is 4.79 Å². The van der Waals surface area contributed by atoms with E-state index in [1.165, 1.54) is 0 Å². The van der Waals surface area contributed by atoms with Gasteiger partial charge in [0.15, 0.2) is 5.78 Å². The van der Waals surface area contributed by atoms with Crippen LogP contribution in [0.3, 0.4) is 0 Å². The van der Waals surface area contributed by atoms with E-state index in [0.29, 0.717) is 17.2 Å². The van der Waals surface area contributed by atoms with Crippen LogP contribution in [0.5, 0.6) is 0 Å². The molecule has 0 saturated heterocycles. The van der Waals surface area contributed by atoms with Crippen LogP contribution in [0.15, 0.2) is 42.7 Å². The molecule has 3 nitrogen and oxygen atoms in total. The number of nitrogens with zero attached hydrogens (tertiary/aromatic N) is 1. The molecule has 0 atom stereocenters. The molecule has 2 rings (SSSR count). The lowest BCUT2D eigenvalue weighted by molar-refractivity contribution is 0.0726. The molecule has 0 amide bonds. The molecule has 18 heavy (non-hydrogen) atoms. The number of aromatic nitrogens is 1. The third-order valence-electron chi connectivity index (χ3n) is 2.57. The third kappa shape index (κ3) is 3.45. The first-order chi connectivity index (χ1) is 8.65. The van der Waals surface area contributed by atoms with Crippen molar-refractivity contribution in [2.75, 3.05) is 6.61 Å². The van der Waals surface area contributed by atoms with E-state index in [1.54, 1.807) is 24.4 Å². The Morgan fingerprint density at radius 2 is 2.00 bits per heavy atom. The highest BCUT2D eigenvalue weighted by atomic mass is 35.5. The van der Waals surface area contributed by atoms with Crippen molar-refractivity contribution in [1.29, 1.82) is 0 Å². The molecule has 1 aromatic heterocycles. The summed E-state index contributed by atoms with van der Waals surface area (Å²) in [6.45, 7) is 0.502. The fraction of sp³-hybridized carbons (Fsp3) is 0.214. The van der Waals surface area contributed by atoms with Gasteiger partial charge in [-0.05, 0) is 23.8 Å². The Balaban J connectivity index is 1.82. The molecule has 0 spiro atoms. The maximum Gasteiger partial charge on any atom is 0.189 e.